The molecule has 0 saturated carbocycles. The van der Waals surface area contributed by atoms with Crippen LogP contribution in [0.3, 0.4) is 0 Å². The van der Waals surface area contributed by atoms with Crippen molar-refractivity contribution in [2.75, 3.05) is 6.61 Å². The number of carbonyl (C=O) groups is 1. The van der Waals surface area contributed by atoms with E-state index in [1.165, 1.54) is 0 Å². The quantitative estimate of drug-likeness (QED) is 0.821. The van der Waals surface area contributed by atoms with Crippen LogP contribution in [0, 0.1) is 5.41 Å². The fraction of sp³-hybridized carbons (Fsp3) is 0.417. The highest BCUT2D eigenvalue weighted by Crippen LogP contribution is 2.35. The molecule has 4 heteroatoms. The third kappa shape index (κ3) is 2.47. The number of carbonyl (C=O) groups excluding carboxylic acids is 1. The van der Waals surface area contributed by atoms with Crippen LogP contribution in [0.4, 0.5) is 4.79 Å². The van der Waals surface area contributed by atoms with Gasteiger partial charge in [0.15, 0.2) is 0 Å². The van der Waals surface area contributed by atoms with Crippen molar-refractivity contribution in [1.29, 1.82) is 0 Å². The summed E-state index contributed by atoms with van der Waals surface area (Å²) in [5, 5.41) is 2.86. The smallest absolute Gasteiger partial charge is 0.407 e. The molecule has 1 aromatic carbocycles. The Labute approximate surface area is 102 Å². The Kier molecular flexibility index (Phi) is 3.81. The molecule has 16 heavy (non-hydrogen) atoms. The van der Waals surface area contributed by atoms with Crippen LogP contribution in [-0.4, -0.2) is 12.7 Å². The minimum Gasteiger partial charge on any atom is -0.449 e. The van der Waals surface area contributed by atoms with Crippen molar-refractivity contribution in [1.82, 2.24) is 5.32 Å². The molecule has 1 atom stereocenters. The molecule has 1 saturated heterocycles. The number of benzene rings is 1. The van der Waals surface area contributed by atoms with E-state index in [2.05, 4.69) is 19.2 Å². The highest BCUT2D eigenvalue weighted by Gasteiger charge is 2.37. The summed E-state index contributed by atoms with van der Waals surface area (Å²) >= 11 is 0. The van der Waals surface area contributed by atoms with E-state index in [0.717, 1.165) is 5.56 Å². The largest absolute Gasteiger partial charge is 0.449 e. The van der Waals surface area contributed by atoms with E-state index in [1.807, 2.05) is 30.3 Å². The summed E-state index contributed by atoms with van der Waals surface area (Å²) in [6.07, 6.45) is -0.330. The van der Waals surface area contributed by atoms with Gasteiger partial charge >= 0.3 is 6.09 Å². The van der Waals surface area contributed by atoms with Gasteiger partial charge in [0.2, 0.25) is 0 Å². The number of cyclic esters (lactones) is 1. The molecular weight excluding hydrogens is 226 g/mol. The predicted molar refractivity (Wildman–Crippen MR) is 64.7 cm³/mol. The van der Waals surface area contributed by atoms with Gasteiger partial charge in [-0.25, -0.2) is 4.79 Å². The summed E-state index contributed by atoms with van der Waals surface area (Å²) < 4.78 is 4.99. The van der Waals surface area contributed by atoms with Gasteiger partial charge in [-0.3, -0.25) is 0 Å². The van der Waals surface area contributed by atoms with Gasteiger partial charge in [0, 0.05) is 5.41 Å². The zero-order valence-electron chi connectivity index (χ0n) is 9.40. The van der Waals surface area contributed by atoms with Crippen molar-refractivity contribution in [2.24, 2.45) is 5.41 Å². The molecule has 0 spiro atoms. The Morgan fingerprint density at radius 1 is 1.31 bits per heavy atom. The summed E-state index contributed by atoms with van der Waals surface area (Å²) in [4.78, 5) is 11.2. The van der Waals surface area contributed by atoms with Gasteiger partial charge in [-0.15, -0.1) is 12.4 Å². The molecule has 3 nitrogen and oxygen atoms in total. The predicted octanol–water partition coefficient (Wildman–Crippen LogP) is 2.92. The van der Waals surface area contributed by atoms with Gasteiger partial charge in [-0.1, -0.05) is 44.2 Å². The molecule has 0 unspecified atom stereocenters. The number of halogens is 1. The lowest BCUT2D eigenvalue weighted by Crippen LogP contribution is -2.46. The first-order valence-electron chi connectivity index (χ1n) is 5.08. The first-order chi connectivity index (χ1) is 7.09. The van der Waals surface area contributed by atoms with E-state index in [0.29, 0.717) is 6.61 Å². The third-order valence-corrected chi connectivity index (χ3v) is 2.75. The number of ether oxygens (including phenoxy) is 1. The molecule has 1 fully saturated rings. The van der Waals surface area contributed by atoms with Crippen molar-refractivity contribution < 1.29 is 9.53 Å². The number of hydrogen-bond donors (Lipinski definition) is 1. The second-order valence-corrected chi connectivity index (χ2v) is 4.55. The number of amides is 1. The minimum atomic E-state index is -0.330. The van der Waals surface area contributed by atoms with Gasteiger partial charge in [-0.05, 0) is 5.56 Å². The van der Waals surface area contributed by atoms with Crippen LogP contribution in [0.1, 0.15) is 25.5 Å². The molecule has 1 N–H and O–H groups in total. The van der Waals surface area contributed by atoms with E-state index in [-0.39, 0.29) is 30.0 Å². The van der Waals surface area contributed by atoms with Gasteiger partial charge in [-0.2, -0.15) is 0 Å². The Bertz CT molecular complexity index is 365. The maximum Gasteiger partial charge on any atom is 0.407 e. The molecule has 0 aromatic heterocycles. The second-order valence-electron chi connectivity index (χ2n) is 4.55. The second kappa shape index (κ2) is 4.74. The van der Waals surface area contributed by atoms with Crippen LogP contribution >= 0.6 is 12.4 Å². The zero-order chi connectivity index (χ0) is 10.9. The molecule has 0 aliphatic carbocycles. The highest BCUT2D eigenvalue weighted by atomic mass is 35.5. The van der Waals surface area contributed by atoms with E-state index in [1.54, 1.807) is 0 Å². The summed E-state index contributed by atoms with van der Waals surface area (Å²) in [6, 6.07) is 10.0. The Hall–Kier alpha value is -1.22. The van der Waals surface area contributed by atoms with Crippen LogP contribution in [0.25, 0.3) is 0 Å². The standard InChI is InChI=1S/C12H15NO2.ClH/c1-12(2)8-15-11(14)13-10(12)9-6-4-3-5-7-9;/h3-7,10H,8H2,1-2H3,(H,13,14);1H/t10-;/m0./s1. The Morgan fingerprint density at radius 2 is 1.94 bits per heavy atom. The van der Waals surface area contributed by atoms with E-state index in [9.17, 15) is 4.79 Å². The molecule has 1 aliphatic heterocycles. The molecule has 2 rings (SSSR count). The summed E-state index contributed by atoms with van der Waals surface area (Å²) in [5.74, 6) is 0. The van der Waals surface area contributed by atoms with Crippen molar-refractivity contribution in [3.8, 4) is 0 Å². The minimum absolute atomic E-state index is 0. The maximum absolute atomic E-state index is 11.2. The lowest BCUT2D eigenvalue weighted by Gasteiger charge is -2.38. The van der Waals surface area contributed by atoms with Crippen LogP contribution in [-0.2, 0) is 4.74 Å². The van der Waals surface area contributed by atoms with Crippen LogP contribution in [0.2, 0.25) is 0 Å². The fourth-order valence-electron chi connectivity index (χ4n) is 1.87. The maximum atomic E-state index is 11.2. The van der Waals surface area contributed by atoms with Crippen LogP contribution < -0.4 is 5.32 Å². The average Bonchev–Trinajstić information content (AvgIpc) is 2.23. The lowest BCUT2D eigenvalue weighted by molar-refractivity contribution is 0.0387. The monoisotopic (exact) mass is 241 g/mol. The fourth-order valence-corrected chi connectivity index (χ4v) is 1.87. The SMILES string of the molecule is CC1(C)COC(=O)N[C@H]1c1ccccc1.Cl. The molecule has 1 aliphatic rings. The Balaban J connectivity index is 0.00000128. The van der Waals surface area contributed by atoms with Crippen LogP contribution in [0.5, 0.6) is 0 Å². The number of nitrogens with one attached hydrogen (secondary N) is 1. The zero-order valence-corrected chi connectivity index (χ0v) is 10.2. The van der Waals surface area contributed by atoms with Crippen molar-refractivity contribution in [3.05, 3.63) is 35.9 Å². The molecule has 0 bridgehead atoms. The van der Waals surface area contributed by atoms with Crippen molar-refractivity contribution in [2.45, 2.75) is 19.9 Å². The summed E-state index contributed by atoms with van der Waals surface area (Å²) in [6.45, 7) is 4.63. The number of rotatable bonds is 1. The first-order valence-corrected chi connectivity index (χ1v) is 5.08. The molecular formula is C12H16ClNO2. The van der Waals surface area contributed by atoms with E-state index >= 15 is 0 Å². The number of alkyl carbamates (subject to hydrolysis) is 1. The third-order valence-electron chi connectivity index (χ3n) is 2.75. The van der Waals surface area contributed by atoms with Crippen LogP contribution in [0.15, 0.2) is 30.3 Å². The van der Waals surface area contributed by atoms with E-state index in [4.69, 9.17) is 4.74 Å². The summed E-state index contributed by atoms with van der Waals surface area (Å²) in [7, 11) is 0. The molecule has 88 valence electrons. The van der Waals surface area contributed by atoms with Gasteiger partial charge in [0.25, 0.3) is 0 Å². The van der Waals surface area contributed by atoms with Crippen molar-refractivity contribution in [3.63, 3.8) is 0 Å². The summed E-state index contributed by atoms with van der Waals surface area (Å²) in [5.41, 5.74) is 1.05. The number of hydrogen-bond acceptors (Lipinski definition) is 2. The Morgan fingerprint density at radius 3 is 2.56 bits per heavy atom. The first kappa shape index (κ1) is 12.8. The van der Waals surface area contributed by atoms with Gasteiger partial charge in [0.1, 0.15) is 6.61 Å². The topological polar surface area (TPSA) is 38.3 Å². The molecule has 1 amide bonds. The average molecular weight is 242 g/mol. The van der Waals surface area contributed by atoms with E-state index < -0.39 is 0 Å². The van der Waals surface area contributed by atoms with Gasteiger partial charge in [0.05, 0.1) is 6.04 Å². The molecule has 1 heterocycles. The van der Waals surface area contributed by atoms with Crippen molar-refractivity contribution >= 4 is 18.5 Å². The normalized spacial score (nSPS) is 22.6. The molecule has 0 radical (unpaired) electrons. The highest BCUT2D eigenvalue weighted by molar-refractivity contribution is 5.85. The molecule has 1 aromatic rings. The lowest BCUT2D eigenvalue weighted by atomic mass is 9.80. The van der Waals surface area contributed by atoms with Gasteiger partial charge < -0.3 is 10.1 Å².